The van der Waals surface area contributed by atoms with Gasteiger partial charge in [0.05, 0.1) is 12.1 Å². The van der Waals surface area contributed by atoms with Crippen LogP contribution < -0.4 is 10.1 Å². The van der Waals surface area contributed by atoms with E-state index in [-0.39, 0.29) is 30.4 Å². The number of benzene rings is 2. The van der Waals surface area contributed by atoms with E-state index in [2.05, 4.69) is 5.32 Å². The number of ketones is 1. The number of rotatable bonds is 6. The van der Waals surface area contributed by atoms with Gasteiger partial charge in [-0.2, -0.15) is 0 Å². The molecule has 0 spiro atoms. The Morgan fingerprint density at radius 1 is 1.12 bits per heavy atom. The summed E-state index contributed by atoms with van der Waals surface area (Å²) in [5.41, 5.74) is 0.896. The first-order chi connectivity index (χ1) is 12.0. The van der Waals surface area contributed by atoms with E-state index in [1.54, 1.807) is 0 Å². The van der Waals surface area contributed by atoms with Gasteiger partial charge in [0.1, 0.15) is 23.5 Å². The van der Waals surface area contributed by atoms with Gasteiger partial charge in [-0.05, 0) is 23.8 Å². The van der Waals surface area contributed by atoms with Crippen molar-refractivity contribution in [3.05, 3.63) is 65.2 Å². The largest absolute Gasteiger partial charge is 0.488 e. The third-order valence-corrected chi connectivity index (χ3v) is 4.05. The van der Waals surface area contributed by atoms with E-state index in [9.17, 15) is 18.4 Å². The summed E-state index contributed by atoms with van der Waals surface area (Å²) < 4.78 is 32.1. The van der Waals surface area contributed by atoms with Gasteiger partial charge in [-0.3, -0.25) is 9.59 Å². The van der Waals surface area contributed by atoms with Crippen LogP contribution in [0.2, 0.25) is 0 Å². The molecule has 4 nitrogen and oxygen atoms in total. The summed E-state index contributed by atoms with van der Waals surface area (Å²) in [5.74, 6) is -1.68. The van der Waals surface area contributed by atoms with Crippen LogP contribution in [0.5, 0.6) is 5.75 Å². The van der Waals surface area contributed by atoms with Crippen LogP contribution in [-0.4, -0.2) is 24.3 Å². The lowest BCUT2D eigenvalue weighted by Gasteiger charge is -2.11. The molecule has 0 saturated carbocycles. The van der Waals surface area contributed by atoms with Crippen molar-refractivity contribution in [2.45, 2.75) is 25.4 Å². The van der Waals surface area contributed by atoms with Crippen LogP contribution in [0.25, 0.3) is 0 Å². The smallest absolute Gasteiger partial charge is 0.220 e. The fourth-order valence-corrected chi connectivity index (χ4v) is 2.76. The molecule has 1 aliphatic rings. The Bertz CT molecular complexity index is 782. The molecule has 25 heavy (non-hydrogen) atoms. The van der Waals surface area contributed by atoms with Gasteiger partial charge in [-0.1, -0.05) is 18.2 Å². The van der Waals surface area contributed by atoms with E-state index in [0.29, 0.717) is 12.6 Å². The molecule has 130 valence electrons. The van der Waals surface area contributed by atoms with Gasteiger partial charge in [0, 0.05) is 25.3 Å². The fourth-order valence-electron chi connectivity index (χ4n) is 2.76. The number of halogens is 2. The van der Waals surface area contributed by atoms with Gasteiger partial charge in [0.15, 0.2) is 5.78 Å². The van der Waals surface area contributed by atoms with E-state index < -0.39 is 17.4 Å². The van der Waals surface area contributed by atoms with Crippen molar-refractivity contribution >= 4 is 11.7 Å². The van der Waals surface area contributed by atoms with Crippen LogP contribution in [0.4, 0.5) is 8.78 Å². The molecule has 0 radical (unpaired) electrons. The SMILES string of the molecule is O=C(CCC(=O)c1ccc(F)cc1F)NC[C@H]1Cc2ccccc2O1. The number of amides is 1. The lowest BCUT2D eigenvalue weighted by atomic mass is 10.1. The summed E-state index contributed by atoms with van der Waals surface area (Å²) in [5, 5.41) is 2.72. The lowest BCUT2D eigenvalue weighted by Crippen LogP contribution is -2.34. The number of fused-ring (bicyclic) bond motifs is 1. The second kappa shape index (κ2) is 7.42. The summed E-state index contributed by atoms with van der Waals surface area (Å²) in [7, 11) is 0. The van der Waals surface area contributed by atoms with Gasteiger partial charge in [-0.15, -0.1) is 0 Å². The van der Waals surface area contributed by atoms with Crippen LogP contribution in [0.1, 0.15) is 28.8 Å². The predicted octanol–water partition coefficient (Wildman–Crippen LogP) is 3.05. The van der Waals surface area contributed by atoms with Gasteiger partial charge in [0.25, 0.3) is 0 Å². The molecule has 1 atom stereocenters. The maximum absolute atomic E-state index is 13.5. The minimum absolute atomic E-state index is 0.0602. The minimum atomic E-state index is -0.914. The first-order valence-electron chi connectivity index (χ1n) is 8.02. The lowest BCUT2D eigenvalue weighted by molar-refractivity contribution is -0.121. The highest BCUT2D eigenvalue weighted by Crippen LogP contribution is 2.27. The fraction of sp³-hybridized carbons (Fsp3) is 0.263. The first kappa shape index (κ1) is 17.1. The Morgan fingerprint density at radius 2 is 1.92 bits per heavy atom. The third-order valence-electron chi connectivity index (χ3n) is 4.05. The molecule has 0 bridgehead atoms. The minimum Gasteiger partial charge on any atom is -0.488 e. The maximum Gasteiger partial charge on any atom is 0.220 e. The van der Waals surface area contributed by atoms with Crippen molar-refractivity contribution in [2.24, 2.45) is 0 Å². The summed E-state index contributed by atoms with van der Waals surface area (Å²) in [4.78, 5) is 23.8. The van der Waals surface area contributed by atoms with Gasteiger partial charge >= 0.3 is 0 Å². The van der Waals surface area contributed by atoms with Crippen LogP contribution >= 0.6 is 0 Å². The predicted molar refractivity (Wildman–Crippen MR) is 87.5 cm³/mol. The van der Waals surface area contributed by atoms with Crippen LogP contribution in [0.3, 0.4) is 0 Å². The molecular weight excluding hydrogens is 328 g/mol. The summed E-state index contributed by atoms with van der Waals surface area (Å²) in [6.45, 7) is 0.340. The zero-order chi connectivity index (χ0) is 17.8. The average molecular weight is 345 g/mol. The highest BCUT2D eigenvalue weighted by Gasteiger charge is 2.22. The summed E-state index contributed by atoms with van der Waals surface area (Å²) >= 11 is 0. The van der Waals surface area contributed by atoms with Crippen molar-refractivity contribution in [2.75, 3.05) is 6.54 Å². The Kier molecular flexibility index (Phi) is 5.07. The molecule has 0 saturated heterocycles. The van der Waals surface area contributed by atoms with Crippen LogP contribution in [-0.2, 0) is 11.2 Å². The number of para-hydroxylation sites is 1. The molecule has 1 heterocycles. The van der Waals surface area contributed by atoms with E-state index in [1.165, 1.54) is 0 Å². The molecule has 1 amide bonds. The van der Waals surface area contributed by atoms with Crippen molar-refractivity contribution in [1.29, 1.82) is 0 Å². The van der Waals surface area contributed by atoms with Crippen LogP contribution in [0, 0.1) is 11.6 Å². The summed E-state index contributed by atoms with van der Waals surface area (Å²) in [6.07, 6.45) is 0.387. The van der Waals surface area contributed by atoms with E-state index in [1.807, 2.05) is 24.3 Å². The molecule has 0 aliphatic carbocycles. The number of ether oxygens (including phenoxy) is 1. The molecule has 0 unspecified atom stereocenters. The molecule has 1 N–H and O–H groups in total. The number of carbonyl (C=O) groups is 2. The van der Waals surface area contributed by atoms with Crippen molar-refractivity contribution in [1.82, 2.24) is 5.32 Å². The molecule has 3 rings (SSSR count). The van der Waals surface area contributed by atoms with Crippen LogP contribution in [0.15, 0.2) is 42.5 Å². The Morgan fingerprint density at radius 3 is 2.68 bits per heavy atom. The number of nitrogens with one attached hydrogen (secondary N) is 1. The Balaban J connectivity index is 1.43. The number of Topliss-reactive ketones (excluding diaryl/α,β-unsaturated/α-hetero) is 1. The van der Waals surface area contributed by atoms with E-state index in [0.717, 1.165) is 29.9 Å². The Labute approximate surface area is 143 Å². The molecule has 6 heteroatoms. The summed E-state index contributed by atoms with van der Waals surface area (Å²) in [6, 6.07) is 10.5. The normalized spacial score (nSPS) is 15.4. The second-order valence-electron chi connectivity index (χ2n) is 5.90. The third kappa shape index (κ3) is 4.21. The number of hydrogen-bond acceptors (Lipinski definition) is 3. The van der Waals surface area contributed by atoms with E-state index >= 15 is 0 Å². The highest BCUT2D eigenvalue weighted by molar-refractivity contribution is 5.98. The zero-order valence-electron chi connectivity index (χ0n) is 13.4. The van der Waals surface area contributed by atoms with E-state index in [4.69, 9.17) is 4.74 Å². The van der Waals surface area contributed by atoms with Crippen molar-refractivity contribution in [3.8, 4) is 5.75 Å². The highest BCUT2D eigenvalue weighted by atomic mass is 19.1. The topological polar surface area (TPSA) is 55.4 Å². The molecule has 2 aromatic carbocycles. The Hall–Kier alpha value is -2.76. The van der Waals surface area contributed by atoms with Gasteiger partial charge < -0.3 is 10.1 Å². The standard InChI is InChI=1S/C19H17F2NO3/c20-13-5-6-15(16(21)10-13)17(23)7-8-19(24)22-11-14-9-12-3-1-2-4-18(12)25-14/h1-6,10,14H,7-9,11H2,(H,22,24)/t14-/m1/s1. The monoisotopic (exact) mass is 345 g/mol. The molecular formula is C19H17F2NO3. The molecule has 2 aromatic rings. The first-order valence-corrected chi connectivity index (χ1v) is 8.02. The molecule has 0 aromatic heterocycles. The quantitative estimate of drug-likeness (QED) is 0.819. The number of hydrogen-bond donors (Lipinski definition) is 1. The maximum atomic E-state index is 13.5. The zero-order valence-corrected chi connectivity index (χ0v) is 13.4. The van der Waals surface area contributed by atoms with Crippen molar-refractivity contribution < 1.29 is 23.1 Å². The van der Waals surface area contributed by atoms with Gasteiger partial charge in [0.2, 0.25) is 5.91 Å². The molecule has 1 aliphatic heterocycles. The number of carbonyl (C=O) groups excluding carboxylic acids is 2. The molecule has 0 fully saturated rings. The van der Waals surface area contributed by atoms with Crippen molar-refractivity contribution in [3.63, 3.8) is 0 Å². The average Bonchev–Trinajstić information content (AvgIpc) is 3.01. The van der Waals surface area contributed by atoms with Gasteiger partial charge in [-0.25, -0.2) is 8.78 Å². The second-order valence-corrected chi connectivity index (χ2v) is 5.90.